The Morgan fingerprint density at radius 3 is 2.86 bits per heavy atom. The van der Waals surface area contributed by atoms with Gasteiger partial charge in [-0.3, -0.25) is 9.59 Å². The van der Waals surface area contributed by atoms with Crippen molar-refractivity contribution in [3.05, 3.63) is 28.0 Å². The summed E-state index contributed by atoms with van der Waals surface area (Å²) >= 11 is 0. The summed E-state index contributed by atoms with van der Waals surface area (Å²) in [5.41, 5.74) is -0.630. The lowest BCUT2D eigenvalue weighted by Gasteiger charge is -2.12. The van der Waals surface area contributed by atoms with Gasteiger partial charge in [0.05, 0.1) is 11.9 Å². The number of aliphatic hydroxyl groups excluding tert-OH is 1. The van der Waals surface area contributed by atoms with E-state index < -0.39 is 30.1 Å². The number of aryl methyl sites for hydroxylation is 1. The van der Waals surface area contributed by atoms with Gasteiger partial charge in [-0.05, 0) is 6.92 Å². The molecule has 1 atom stereocenters. The molecule has 0 aliphatic rings. The fourth-order valence-electron chi connectivity index (χ4n) is 1.94. The summed E-state index contributed by atoms with van der Waals surface area (Å²) in [6.07, 6.45) is 0.992. The maximum absolute atomic E-state index is 12.2. The molecular weight excluding hydrogens is 282 g/mol. The molecule has 2 aromatic rings. The highest BCUT2D eigenvalue weighted by atomic mass is 16.4. The second-order valence-electron chi connectivity index (χ2n) is 4.32. The molecule has 0 aliphatic carbocycles. The standard InChI is InChI=1S/C12H13N3O6/c1-5-7(8-9(17)13-4-14-11(8)21-5)10(18)15-6(2-3-16)12(19)20/h4,6,16H,2-3H2,1H3,(H,15,18)(H,19,20)(H,13,14,17)/t6-/m1/s1. The number of fused-ring (bicyclic) bond motifs is 1. The van der Waals surface area contributed by atoms with Gasteiger partial charge >= 0.3 is 5.97 Å². The average molecular weight is 295 g/mol. The zero-order chi connectivity index (χ0) is 15.6. The molecule has 0 radical (unpaired) electrons. The minimum Gasteiger partial charge on any atom is -0.480 e. The molecule has 2 rings (SSSR count). The van der Waals surface area contributed by atoms with Crippen molar-refractivity contribution in [2.75, 3.05) is 6.61 Å². The van der Waals surface area contributed by atoms with Crippen molar-refractivity contribution in [3.8, 4) is 0 Å². The van der Waals surface area contributed by atoms with Gasteiger partial charge in [0.15, 0.2) is 0 Å². The Kier molecular flexibility index (Phi) is 4.03. The fraction of sp³-hybridized carbons (Fsp3) is 0.333. The molecule has 0 saturated heterocycles. The third-order valence-corrected chi connectivity index (χ3v) is 2.92. The van der Waals surface area contributed by atoms with Crippen LogP contribution >= 0.6 is 0 Å². The zero-order valence-corrected chi connectivity index (χ0v) is 11.0. The molecule has 9 nitrogen and oxygen atoms in total. The number of carboxylic acid groups (broad SMARTS) is 1. The fourth-order valence-corrected chi connectivity index (χ4v) is 1.94. The maximum atomic E-state index is 12.2. The lowest BCUT2D eigenvalue weighted by atomic mass is 10.1. The Morgan fingerprint density at radius 2 is 2.24 bits per heavy atom. The van der Waals surface area contributed by atoms with Gasteiger partial charge in [0, 0.05) is 13.0 Å². The van der Waals surface area contributed by atoms with Crippen LogP contribution in [0.25, 0.3) is 11.1 Å². The SMILES string of the molecule is Cc1oc2nc[nH]c(=O)c2c1C(=O)N[C@H](CCO)C(=O)O. The molecule has 2 aromatic heterocycles. The number of amides is 1. The molecule has 0 unspecified atom stereocenters. The highest BCUT2D eigenvalue weighted by Gasteiger charge is 2.26. The normalized spacial score (nSPS) is 12.3. The van der Waals surface area contributed by atoms with E-state index in [0.717, 1.165) is 6.33 Å². The lowest BCUT2D eigenvalue weighted by molar-refractivity contribution is -0.139. The van der Waals surface area contributed by atoms with Crippen LogP contribution in [0.2, 0.25) is 0 Å². The van der Waals surface area contributed by atoms with E-state index >= 15 is 0 Å². The first-order valence-electron chi connectivity index (χ1n) is 6.07. The van der Waals surface area contributed by atoms with Gasteiger partial charge < -0.3 is 24.9 Å². The lowest BCUT2D eigenvalue weighted by Crippen LogP contribution is -2.41. The zero-order valence-electron chi connectivity index (χ0n) is 11.0. The monoisotopic (exact) mass is 295 g/mol. The van der Waals surface area contributed by atoms with Crippen molar-refractivity contribution in [2.45, 2.75) is 19.4 Å². The van der Waals surface area contributed by atoms with E-state index in [2.05, 4.69) is 15.3 Å². The largest absolute Gasteiger partial charge is 0.480 e. The van der Waals surface area contributed by atoms with Crippen molar-refractivity contribution in [2.24, 2.45) is 0 Å². The van der Waals surface area contributed by atoms with Gasteiger partial charge in [-0.15, -0.1) is 0 Å². The van der Waals surface area contributed by atoms with Crippen LogP contribution in [0, 0.1) is 6.92 Å². The molecule has 112 valence electrons. The number of aromatic nitrogens is 2. The third kappa shape index (κ3) is 2.77. The topological polar surface area (TPSA) is 146 Å². The smallest absolute Gasteiger partial charge is 0.326 e. The van der Waals surface area contributed by atoms with E-state index in [1.807, 2.05) is 0 Å². The van der Waals surface area contributed by atoms with Crippen LogP contribution in [-0.2, 0) is 4.79 Å². The number of carbonyl (C=O) groups excluding carboxylic acids is 1. The van der Waals surface area contributed by atoms with Crippen molar-refractivity contribution < 1.29 is 24.2 Å². The number of rotatable bonds is 5. The molecule has 0 saturated carbocycles. The van der Waals surface area contributed by atoms with Crippen LogP contribution in [0.3, 0.4) is 0 Å². The summed E-state index contributed by atoms with van der Waals surface area (Å²) in [6.45, 7) is 1.07. The molecule has 21 heavy (non-hydrogen) atoms. The Labute approximate surface area is 117 Å². The van der Waals surface area contributed by atoms with Crippen molar-refractivity contribution >= 4 is 23.0 Å². The molecule has 0 aliphatic heterocycles. The number of aliphatic hydroxyl groups is 1. The molecule has 0 bridgehead atoms. The van der Waals surface area contributed by atoms with Gasteiger partial charge in [0.2, 0.25) is 5.71 Å². The Bertz CT molecular complexity index is 747. The highest BCUT2D eigenvalue weighted by Crippen LogP contribution is 2.20. The van der Waals surface area contributed by atoms with Crippen LogP contribution in [-0.4, -0.2) is 44.7 Å². The van der Waals surface area contributed by atoms with Crippen molar-refractivity contribution in [1.82, 2.24) is 15.3 Å². The first-order valence-corrected chi connectivity index (χ1v) is 6.07. The highest BCUT2D eigenvalue weighted by molar-refractivity contribution is 6.07. The van der Waals surface area contributed by atoms with Crippen LogP contribution in [0.5, 0.6) is 0 Å². The van der Waals surface area contributed by atoms with Crippen molar-refractivity contribution in [1.29, 1.82) is 0 Å². The van der Waals surface area contributed by atoms with Gasteiger partial charge in [0.1, 0.15) is 17.2 Å². The van der Waals surface area contributed by atoms with Gasteiger partial charge in [-0.2, -0.15) is 0 Å². The number of aromatic amines is 1. The van der Waals surface area contributed by atoms with Gasteiger partial charge in [0.25, 0.3) is 11.5 Å². The number of nitrogens with one attached hydrogen (secondary N) is 2. The first kappa shape index (κ1) is 14.7. The average Bonchev–Trinajstić information content (AvgIpc) is 2.75. The van der Waals surface area contributed by atoms with E-state index in [9.17, 15) is 14.4 Å². The number of furan rings is 1. The molecule has 0 spiro atoms. The van der Waals surface area contributed by atoms with Crippen molar-refractivity contribution in [3.63, 3.8) is 0 Å². The molecule has 1 amide bonds. The second-order valence-corrected chi connectivity index (χ2v) is 4.32. The number of hydrogen-bond acceptors (Lipinski definition) is 6. The van der Waals surface area contributed by atoms with Gasteiger partial charge in [-0.1, -0.05) is 0 Å². The van der Waals surface area contributed by atoms with E-state index in [0.29, 0.717) is 0 Å². The van der Waals surface area contributed by atoms with E-state index in [4.69, 9.17) is 14.6 Å². The number of hydrogen-bond donors (Lipinski definition) is 4. The molecule has 0 aromatic carbocycles. The van der Waals surface area contributed by atoms with Crippen LogP contribution < -0.4 is 10.9 Å². The maximum Gasteiger partial charge on any atom is 0.326 e. The molecule has 4 N–H and O–H groups in total. The summed E-state index contributed by atoms with van der Waals surface area (Å²) in [5, 5.41) is 20.0. The number of carbonyl (C=O) groups is 2. The summed E-state index contributed by atoms with van der Waals surface area (Å²) in [6, 6.07) is -1.26. The number of aliphatic carboxylic acids is 1. The van der Waals surface area contributed by atoms with Gasteiger partial charge in [-0.25, -0.2) is 9.78 Å². The Morgan fingerprint density at radius 1 is 1.52 bits per heavy atom. The Hall–Kier alpha value is -2.68. The predicted octanol–water partition coefficient (Wildman–Crippen LogP) is -0.610. The van der Waals surface area contributed by atoms with E-state index in [-0.39, 0.29) is 28.8 Å². The number of nitrogens with zero attached hydrogens (tertiary/aromatic N) is 1. The Balaban J connectivity index is 2.42. The summed E-state index contributed by atoms with van der Waals surface area (Å²) in [4.78, 5) is 41.1. The number of H-pyrrole nitrogens is 1. The van der Waals surface area contributed by atoms with Crippen LogP contribution in [0.4, 0.5) is 0 Å². The first-order chi connectivity index (χ1) is 9.95. The molecular formula is C12H13N3O6. The second kappa shape index (κ2) is 5.75. The van der Waals surface area contributed by atoms with E-state index in [1.54, 1.807) is 0 Å². The predicted molar refractivity (Wildman–Crippen MR) is 70.0 cm³/mol. The molecule has 0 fully saturated rings. The molecule has 9 heteroatoms. The number of carboxylic acids is 1. The van der Waals surface area contributed by atoms with Crippen LogP contribution in [0.1, 0.15) is 22.5 Å². The summed E-state index contributed by atoms with van der Waals surface area (Å²) in [5.74, 6) is -1.90. The minimum atomic E-state index is -1.28. The summed E-state index contributed by atoms with van der Waals surface area (Å²) < 4.78 is 5.21. The quantitative estimate of drug-likeness (QED) is 0.575. The third-order valence-electron chi connectivity index (χ3n) is 2.92. The van der Waals surface area contributed by atoms with E-state index in [1.165, 1.54) is 6.92 Å². The molecule has 2 heterocycles. The summed E-state index contributed by atoms with van der Waals surface area (Å²) in [7, 11) is 0. The van der Waals surface area contributed by atoms with Crippen LogP contribution in [0.15, 0.2) is 15.5 Å². The minimum absolute atomic E-state index is 0.00423.